The quantitative estimate of drug-likeness (QED) is 0.323. The summed E-state index contributed by atoms with van der Waals surface area (Å²) in [6.45, 7) is 4.32. The molecule has 0 saturated heterocycles. The van der Waals surface area contributed by atoms with Gasteiger partial charge in [0.2, 0.25) is 0 Å². The normalized spacial score (nSPS) is 14.5. The average molecular weight is 307 g/mol. The van der Waals surface area contributed by atoms with Crippen molar-refractivity contribution < 1.29 is 0 Å². The van der Waals surface area contributed by atoms with Crippen molar-refractivity contribution in [3.63, 3.8) is 0 Å². The van der Waals surface area contributed by atoms with Crippen LogP contribution in [-0.4, -0.2) is 24.3 Å². The van der Waals surface area contributed by atoms with Gasteiger partial charge in [-0.2, -0.15) is 0 Å². The highest BCUT2D eigenvalue weighted by molar-refractivity contribution is 5.58. The smallest absolute Gasteiger partial charge is 0.0890 e. The first kappa shape index (κ1) is 19.3. The maximum absolute atomic E-state index is 4.20. The van der Waals surface area contributed by atoms with Crippen molar-refractivity contribution in [3.8, 4) is 0 Å². The first-order valence-electron chi connectivity index (χ1n) is 9.86. The average Bonchev–Trinajstić information content (AvgIpc) is 3.04. The Morgan fingerprint density at radius 1 is 0.818 bits per heavy atom. The summed E-state index contributed by atoms with van der Waals surface area (Å²) in [5, 5.41) is 0. The highest BCUT2D eigenvalue weighted by Gasteiger charge is 1.99. The van der Waals surface area contributed by atoms with Crippen LogP contribution in [-0.2, 0) is 0 Å². The minimum atomic E-state index is 0.961. The molecule has 0 atom stereocenters. The van der Waals surface area contributed by atoms with E-state index in [4.69, 9.17) is 0 Å². The maximum atomic E-state index is 4.20. The molecule has 0 aromatic carbocycles. The van der Waals surface area contributed by atoms with Crippen LogP contribution in [0, 0.1) is 0 Å². The third kappa shape index (κ3) is 11.8. The molecule has 1 aliphatic rings. The molecule has 0 unspecified atom stereocenters. The van der Waals surface area contributed by atoms with E-state index in [1.165, 1.54) is 89.9 Å². The molecule has 0 spiro atoms. The molecular formula is C20H38N2. The molecule has 0 amide bonds. The number of unbranched alkanes of at least 4 members (excludes halogenated alkanes) is 13. The zero-order valence-electron chi connectivity index (χ0n) is 14.9. The topological polar surface area (TPSA) is 15.6 Å². The second-order valence-corrected chi connectivity index (χ2v) is 6.68. The van der Waals surface area contributed by atoms with Crippen molar-refractivity contribution in [2.45, 2.75) is 96.8 Å². The van der Waals surface area contributed by atoms with Gasteiger partial charge in [0, 0.05) is 12.7 Å². The van der Waals surface area contributed by atoms with Crippen LogP contribution in [0.5, 0.6) is 0 Å². The van der Waals surface area contributed by atoms with E-state index in [-0.39, 0.29) is 0 Å². The number of rotatable bonds is 15. The number of aliphatic imine (C=N–C) groups is 1. The van der Waals surface area contributed by atoms with E-state index >= 15 is 0 Å². The molecule has 0 aromatic rings. The molecule has 0 aromatic heterocycles. The molecule has 0 fully saturated rings. The fraction of sp³-hybridized carbons (Fsp3) is 0.850. The van der Waals surface area contributed by atoms with Gasteiger partial charge in [-0.1, -0.05) is 90.0 Å². The fourth-order valence-corrected chi connectivity index (χ4v) is 3.00. The van der Waals surface area contributed by atoms with Gasteiger partial charge in [0.1, 0.15) is 0 Å². The van der Waals surface area contributed by atoms with Crippen LogP contribution in [0.15, 0.2) is 17.3 Å². The van der Waals surface area contributed by atoms with E-state index in [1.807, 2.05) is 6.34 Å². The molecule has 1 rings (SSSR count). The zero-order valence-corrected chi connectivity index (χ0v) is 14.9. The monoisotopic (exact) mass is 306 g/mol. The Balaban J connectivity index is 1.70. The summed E-state index contributed by atoms with van der Waals surface area (Å²) in [6, 6.07) is 0. The summed E-state index contributed by atoms with van der Waals surface area (Å²) in [7, 11) is 0. The van der Waals surface area contributed by atoms with Crippen molar-refractivity contribution in [2.75, 3.05) is 13.1 Å². The molecule has 22 heavy (non-hydrogen) atoms. The van der Waals surface area contributed by atoms with Crippen LogP contribution in [0.3, 0.4) is 0 Å². The van der Waals surface area contributed by atoms with Gasteiger partial charge in [-0.3, -0.25) is 4.99 Å². The van der Waals surface area contributed by atoms with E-state index in [1.54, 1.807) is 0 Å². The van der Waals surface area contributed by atoms with Crippen LogP contribution in [0.4, 0.5) is 0 Å². The van der Waals surface area contributed by atoms with Crippen molar-refractivity contribution in [2.24, 2.45) is 4.99 Å². The lowest BCUT2D eigenvalue weighted by Crippen LogP contribution is -2.10. The lowest BCUT2D eigenvalue weighted by molar-refractivity contribution is 0.539. The fourth-order valence-electron chi connectivity index (χ4n) is 3.00. The molecule has 128 valence electrons. The van der Waals surface area contributed by atoms with Crippen LogP contribution in [0.1, 0.15) is 96.8 Å². The van der Waals surface area contributed by atoms with Gasteiger partial charge < -0.3 is 4.90 Å². The predicted molar refractivity (Wildman–Crippen MR) is 99.5 cm³/mol. The predicted octanol–water partition coefficient (Wildman–Crippen LogP) is 6.33. The number of allylic oxidation sites excluding steroid dienone is 1. The van der Waals surface area contributed by atoms with Crippen molar-refractivity contribution in [1.82, 2.24) is 4.90 Å². The zero-order chi connectivity index (χ0) is 15.7. The van der Waals surface area contributed by atoms with Crippen molar-refractivity contribution in [1.29, 1.82) is 0 Å². The number of hydrogen-bond donors (Lipinski definition) is 0. The Kier molecular flexibility index (Phi) is 13.2. The summed E-state index contributed by atoms with van der Waals surface area (Å²) in [6.07, 6.45) is 26.3. The first-order valence-corrected chi connectivity index (χ1v) is 9.86. The second-order valence-electron chi connectivity index (χ2n) is 6.68. The molecule has 0 bridgehead atoms. The van der Waals surface area contributed by atoms with Gasteiger partial charge in [-0.25, -0.2) is 0 Å². The van der Waals surface area contributed by atoms with Gasteiger partial charge in [0.15, 0.2) is 0 Å². The van der Waals surface area contributed by atoms with Crippen LogP contribution < -0.4 is 0 Å². The van der Waals surface area contributed by atoms with Gasteiger partial charge in [-0.15, -0.1) is 0 Å². The molecule has 0 aliphatic carbocycles. The first-order chi connectivity index (χ1) is 10.9. The highest BCUT2D eigenvalue weighted by atomic mass is 15.2. The minimum Gasteiger partial charge on any atom is -0.338 e. The Bertz CT molecular complexity index is 283. The van der Waals surface area contributed by atoms with E-state index < -0.39 is 0 Å². The molecule has 2 nitrogen and oxygen atoms in total. The second kappa shape index (κ2) is 15.1. The third-order valence-corrected chi connectivity index (χ3v) is 4.49. The third-order valence-electron chi connectivity index (χ3n) is 4.49. The van der Waals surface area contributed by atoms with E-state index in [0.29, 0.717) is 0 Å². The Morgan fingerprint density at radius 2 is 1.36 bits per heavy atom. The number of hydrogen-bond acceptors (Lipinski definition) is 2. The molecular weight excluding hydrogens is 268 g/mol. The van der Waals surface area contributed by atoms with Crippen LogP contribution in [0.2, 0.25) is 0 Å². The summed E-state index contributed by atoms with van der Waals surface area (Å²) in [4.78, 5) is 6.39. The van der Waals surface area contributed by atoms with Crippen molar-refractivity contribution >= 4 is 6.34 Å². The summed E-state index contributed by atoms with van der Waals surface area (Å²) in [5.74, 6) is 0. The summed E-state index contributed by atoms with van der Waals surface area (Å²) < 4.78 is 0. The van der Waals surface area contributed by atoms with Crippen LogP contribution >= 0.6 is 0 Å². The molecule has 1 aliphatic heterocycles. The SMILES string of the molecule is CCCCCCCCCCCCCCCC=CN1C=NCC1. The van der Waals surface area contributed by atoms with E-state index in [9.17, 15) is 0 Å². The molecule has 0 N–H and O–H groups in total. The standard InChI is InChI=1S/C20H38N2/c1-2-3-4-5-6-7-8-9-10-11-12-13-14-15-16-18-22-19-17-21-20-22/h16,18,20H,2-15,17,19H2,1H3. The summed E-state index contributed by atoms with van der Waals surface area (Å²) in [5.41, 5.74) is 0. The van der Waals surface area contributed by atoms with E-state index in [0.717, 1.165) is 13.1 Å². The molecule has 1 heterocycles. The summed E-state index contributed by atoms with van der Waals surface area (Å²) >= 11 is 0. The van der Waals surface area contributed by atoms with Gasteiger partial charge in [0.05, 0.1) is 12.9 Å². The number of nitrogens with zero attached hydrogens (tertiary/aromatic N) is 2. The Hall–Kier alpha value is -0.790. The van der Waals surface area contributed by atoms with Gasteiger partial charge in [0.25, 0.3) is 0 Å². The molecule has 0 radical (unpaired) electrons. The molecule has 0 saturated carbocycles. The van der Waals surface area contributed by atoms with Gasteiger partial charge in [-0.05, 0) is 12.8 Å². The Morgan fingerprint density at radius 3 is 1.86 bits per heavy atom. The largest absolute Gasteiger partial charge is 0.338 e. The maximum Gasteiger partial charge on any atom is 0.0890 e. The van der Waals surface area contributed by atoms with Crippen LogP contribution in [0.25, 0.3) is 0 Å². The Labute approximate surface area is 139 Å². The molecule has 2 heteroatoms. The van der Waals surface area contributed by atoms with Crippen molar-refractivity contribution in [3.05, 3.63) is 12.3 Å². The lowest BCUT2D eigenvalue weighted by atomic mass is 10.0. The van der Waals surface area contributed by atoms with E-state index in [2.05, 4.69) is 29.1 Å². The highest BCUT2D eigenvalue weighted by Crippen LogP contribution is 2.13. The van der Waals surface area contributed by atoms with Gasteiger partial charge >= 0.3 is 0 Å². The minimum absolute atomic E-state index is 0.961. The lowest BCUT2D eigenvalue weighted by Gasteiger charge is -2.05.